The number of rotatable bonds is 3. The Morgan fingerprint density at radius 1 is 0.958 bits per heavy atom. The molecule has 4 fully saturated rings. The lowest BCUT2D eigenvalue weighted by Gasteiger charge is -2.35. The molecule has 0 spiro atoms. The summed E-state index contributed by atoms with van der Waals surface area (Å²) in [5.41, 5.74) is 0. The molecule has 0 aromatic heterocycles. The number of carbonyl (C=O) groups is 1. The van der Waals surface area contributed by atoms with Gasteiger partial charge in [-0.3, -0.25) is 4.79 Å². The molecule has 1 aromatic carbocycles. The molecule has 24 heavy (non-hydrogen) atoms. The zero-order valence-corrected chi connectivity index (χ0v) is 14.6. The van der Waals surface area contributed by atoms with E-state index in [0.29, 0.717) is 24.5 Å². The molecule has 1 amide bonds. The van der Waals surface area contributed by atoms with E-state index in [1.165, 1.54) is 0 Å². The predicted molar refractivity (Wildman–Crippen MR) is 90.8 cm³/mol. The Hall–Kier alpha value is -1.40. The van der Waals surface area contributed by atoms with Crippen molar-refractivity contribution in [2.45, 2.75) is 43.0 Å². The SMILES string of the molecule is O=C(C1CCC1)N1C[C@H]2CC[C@@H](C1)N(S(=O)(=O)c1ccccc1)C2. The van der Waals surface area contributed by atoms with E-state index >= 15 is 0 Å². The van der Waals surface area contributed by atoms with Crippen LogP contribution in [-0.4, -0.2) is 49.2 Å². The summed E-state index contributed by atoms with van der Waals surface area (Å²) in [6.07, 6.45) is 5.00. The van der Waals surface area contributed by atoms with Crippen LogP contribution in [-0.2, 0) is 14.8 Å². The van der Waals surface area contributed by atoms with Gasteiger partial charge < -0.3 is 4.90 Å². The van der Waals surface area contributed by atoms with Gasteiger partial charge in [0, 0.05) is 31.6 Å². The summed E-state index contributed by atoms with van der Waals surface area (Å²) in [5.74, 6) is 0.685. The minimum atomic E-state index is -3.48. The average molecular weight is 348 g/mol. The fourth-order valence-electron chi connectivity index (χ4n) is 4.15. The van der Waals surface area contributed by atoms with Gasteiger partial charge in [-0.15, -0.1) is 0 Å². The Balaban J connectivity index is 1.58. The number of amides is 1. The minimum absolute atomic E-state index is 0.0852. The summed E-state index contributed by atoms with van der Waals surface area (Å²) in [7, 11) is -3.48. The van der Waals surface area contributed by atoms with Gasteiger partial charge in [-0.1, -0.05) is 24.6 Å². The van der Waals surface area contributed by atoms with Gasteiger partial charge in [0.1, 0.15) is 0 Å². The number of sulfonamides is 1. The monoisotopic (exact) mass is 348 g/mol. The molecule has 3 saturated heterocycles. The first-order valence-electron chi connectivity index (χ1n) is 8.91. The first kappa shape index (κ1) is 16.1. The van der Waals surface area contributed by atoms with Crippen LogP contribution in [0, 0.1) is 11.8 Å². The highest BCUT2D eigenvalue weighted by atomic mass is 32.2. The zero-order chi connectivity index (χ0) is 16.7. The first-order chi connectivity index (χ1) is 11.6. The summed E-state index contributed by atoms with van der Waals surface area (Å²) >= 11 is 0. The standard InChI is InChI=1S/C18H24N2O3S/c21-18(15-5-4-6-15)19-11-14-9-10-16(13-19)20(12-14)24(22,23)17-7-2-1-3-8-17/h1-3,7-8,14-16H,4-6,9-13H2/t14-,16+/m1/s1. The van der Waals surface area contributed by atoms with Crippen molar-refractivity contribution in [3.05, 3.63) is 30.3 Å². The van der Waals surface area contributed by atoms with Crippen molar-refractivity contribution in [2.24, 2.45) is 11.8 Å². The van der Waals surface area contributed by atoms with Crippen LogP contribution in [0.5, 0.6) is 0 Å². The Labute approximate surface area is 143 Å². The largest absolute Gasteiger partial charge is 0.341 e. The molecule has 4 aliphatic rings. The molecule has 5 rings (SSSR count). The maximum atomic E-state index is 13.0. The van der Waals surface area contributed by atoms with E-state index in [2.05, 4.69) is 0 Å². The third kappa shape index (κ3) is 2.75. The Kier molecular flexibility index (Phi) is 4.12. The number of hydrogen-bond donors (Lipinski definition) is 0. The van der Waals surface area contributed by atoms with Crippen LogP contribution in [0.2, 0.25) is 0 Å². The summed E-state index contributed by atoms with van der Waals surface area (Å²) in [4.78, 5) is 14.9. The van der Waals surface area contributed by atoms with Crippen molar-refractivity contribution in [3.63, 3.8) is 0 Å². The maximum absolute atomic E-state index is 13.0. The highest BCUT2D eigenvalue weighted by molar-refractivity contribution is 7.89. The van der Waals surface area contributed by atoms with Crippen LogP contribution in [0.4, 0.5) is 0 Å². The number of piperidine rings is 1. The maximum Gasteiger partial charge on any atom is 0.243 e. The lowest BCUT2D eigenvalue weighted by molar-refractivity contribution is -0.138. The highest BCUT2D eigenvalue weighted by Crippen LogP contribution is 2.35. The van der Waals surface area contributed by atoms with Crippen LogP contribution < -0.4 is 0 Å². The van der Waals surface area contributed by atoms with Crippen LogP contribution in [0.15, 0.2) is 35.2 Å². The van der Waals surface area contributed by atoms with Crippen molar-refractivity contribution < 1.29 is 13.2 Å². The molecule has 2 bridgehead atoms. The lowest BCUT2D eigenvalue weighted by atomic mass is 9.84. The summed E-state index contributed by atoms with van der Waals surface area (Å²) in [5, 5.41) is 0. The molecule has 0 N–H and O–H groups in total. The highest BCUT2D eigenvalue weighted by Gasteiger charge is 2.43. The second kappa shape index (κ2) is 6.15. The third-order valence-electron chi connectivity index (χ3n) is 5.78. The van der Waals surface area contributed by atoms with Crippen molar-refractivity contribution in [3.8, 4) is 0 Å². The Morgan fingerprint density at radius 3 is 2.38 bits per heavy atom. The Morgan fingerprint density at radius 2 is 1.71 bits per heavy atom. The van der Waals surface area contributed by atoms with Gasteiger partial charge in [0.05, 0.1) is 4.90 Å². The van der Waals surface area contributed by atoms with Gasteiger partial charge in [0.2, 0.25) is 15.9 Å². The smallest absolute Gasteiger partial charge is 0.243 e. The van der Waals surface area contributed by atoms with E-state index < -0.39 is 10.0 Å². The molecule has 0 unspecified atom stereocenters. The fraction of sp³-hybridized carbons (Fsp3) is 0.611. The van der Waals surface area contributed by atoms with Gasteiger partial charge in [0.25, 0.3) is 0 Å². The van der Waals surface area contributed by atoms with Crippen LogP contribution in [0.3, 0.4) is 0 Å². The molecule has 1 aromatic rings. The van der Waals surface area contributed by atoms with Gasteiger partial charge in [0.15, 0.2) is 0 Å². The molecular formula is C18H24N2O3S. The molecule has 2 atom stereocenters. The minimum Gasteiger partial charge on any atom is -0.341 e. The lowest BCUT2D eigenvalue weighted by Crippen LogP contribution is -2.48. The van der Waals surface area contributed by atoms with Crippen molar-refractivity contribution in [2.75, 3.05) is 19.6 Å². The van der Waals surface area contributed by atoms with E-state index in [1.54, 1.807) is 28.6 Å². The molecular weight excluding hydrogens is 324 g/mol. The molecule has 6 heteroatoms. The van der Waals surface area contributed by atoms with Gasteiger partial charge in [-0.05, 0) is 43.7 Å². The average Bonchev–Trinajstić information content (AvgIpc) is 2.86. The molecule has 0 radical (unpaired) electrons. The third-order valence-corrected chi connectivity index (χ3v) is 7.71. The normalized spacial score (nSPS) is 28.4. The van der Waals surface area contributed by atoms with E-state index in [-0.39, 0.29) is 23.8 Å². The summed E-state index contributed by atoms with van der Waals surface area (Å²) in [6, 6.07) is 8.58. The van der Waals surface area contributed by atoms with Gasteiger partial charge in [-0.2, -0.15) is 4.31 Å². The quantitative estimate of drug-likeness (QED) is 0.840. The van der Waals surface area contributed by atoms with Crippen molar-refractivity contribution >= 4 is 15.9 Å². The number of hydrogen-bond acceptors (Lipinski definition) is 3. The van der Waals surface area contributed by atoms with Gasteiger partial charge >= 0.3 is 0 Å². The van der Waals surface area contributed by atoms with Crippen molar-refractivity contribution in [1.82, 2.24) is 9.21 Å². The van der Waals surface area contributed by atoms with E-state index in [9.17, 15) is 13.2 Å². The van der Waals surface area contributed by atoms with Gasteiger partial charge in [-0.25, -0.2) is 8.42 Å². The van der Waals surface area contributed by atoms with Crippen molar-refractivity contribution in [1.29, 1.82) is 0 Å². The molecule has 1 aliphatic carbocycles. The van der Waals surface area contributed by atoms with E-state index in [4.69, 9.17) is 0 Å². The number of nitrogens with zero attached hydrogens (tertiary/aromatic N) is 2. The second-order valence-electron chi connectivity index (χ2n) is 7.36. The summed E-state index contributed by atoms with van der Waals surface area (Å²) < 4.78 is 27.7. The molecule has 3 heterocycles. The first-order valence-corrected chi connectivity index (χ1v) is 10.4. The molecule has 3 aliphatic heterocycles. The molecule has 130 valence electrons. The predicted octanol–water partition coefficient (Wildman–Crippen LogP) is 2.10. The summed E-state index contributed by atoms with van der Waals surface area (Å²) in [6.45, 7) is 1.81. The molecule has 1 saturated carbocycles. The van der Waals surface area contributed by atoms with Crippen LogP contribution in [0.1, 0.15) is 32.1 Å². The number of fused-ring (bicyclic) bond motifs is 4. The van der Waals surface area contributed by atoms with E-state index in [0.717, 1.165) is 32.1 Å². The number of carbonyl (C=O) groups excluding carboxylic acids is 1. The Bertz CT molecular complexity index is 715. The topological polar surface area (TPSA) is 57.7 Å². The molecule has 5 nitrogen and oxygen atoms in total. The fourth-order valence-corrected chi connectivity index (χ4v) is 5.90. The van der Waals surface area contributed by atoms with Crippen LogP contribution >= 0.6 is 0 Å². The van der Waals surface area contributed by atoms with Crippen LogP contribution in [0.25, 0.3) is 0 Å². The second-order valence-corrected chi connectivity index (χ2v) is 9.25. The van der Waals surface area contributed by atoms with E-state index in [1.807, 2.05) is 11.0 Å². The number of benzene rings is 1. The zero-order valence-electron chi connectivity index (χ0n) is 13.8.